The highest BCUT2D eigenvalue weighted by atomic mass is 16.6. The third-order valence-electron chi connectivity index (χ3n) is 4.39. The van der Waals surface area contributed by atoms with E-state index in [4.69, 9.17) is 9.52 Å². The van der Waals surface area contributed by atoms with Crippen LogP contribution in [0.1, 0.15) is 32.5 Å². The Hall–Kier alpha value is -5.60. The van der Waals surface area contributed by atoms with Crippen molar-refractivity contribution in [2.75, 3.05) is 6.54 Å². The average Bonchev–Trinajstić information content (AvgIpc) is 3.41. The fourth-order valence-electron chi connectivity index (χ4n) is 2.74. The van der Waals surface area contributed by atoms with Crippen molar-refractivity contribution in [3.63, 3.8) is 0 Å². The Balaban J connectivity index is 0.000000335. The van der Waals surface area contributed by atoms with Crippen LogP contribution in [0.25, 0.3) is 0 Å². The van der Waals surface area contributed by atoms with Gasteiger partial charge >= 0.3 is 11.9 Å². The summed E-state index contributed by atoms with van der Waals surface area (Å²) >= 11 is 0. The zero-order valence-electron chi connectivity index (χ0n) is 18.6. The molecule has 1 aromatic heterocycles. The molecule has 3 aromatic rings. The molecule has 192 valence electrons. The molecule has 0 bridgehead atoms. The molecular formula is C22H18N4O11. The van der Waals surface area contributed by atoms with Gasteiger partial charge in [0, 0.05) is 12.1 Å². The maximum absolute atomic E-state index is 12.3. The van der Waals surface area contributed by atoms with Gasteiger partial charge < -0.3 is 25.3 Å². The maximum Gasteiger partial charge on any atom is 0.330 e. The predicted octanol–water partition coefficient (Wildman–Crippen LogP) is 2.15. The molecule has 2 amide bonds. The number of non-ortho nitro benzene ring substituents is 2. The molecule has 4 N–H and O–H groups in total. The summed E-state index contributed by atoms with van der Waals surface area (Å²) in [6.07, 6.45) is 1.34. The quantitative estimate of drug-likeness (QED) is 0.238. The maximum atomic E-state index is 12.3. The van der Waals surface area contributed by atoms with Gasteiger partial charge in [-0.25, -0.2) is 4.79 Å². The van der Waals surface area contributed by atoms with Gasteiger partial charge in [0.2, 0.25) is 0 Å². The van der Waals surface area contributed by atoms with Crippen molar-refractivity contribution in [2.45, 2.75) is 6.04 Å². The number of nitrogens with one attached hydrogen (secondary N) is 2. The number of carbonyl (C=O) groups is 4. The highest BCUT2D eigenvalue weighted by molar-refractivity contribution is 5.98. The summed E-state index contributed by atoms with van der Waals surface area (Å²) in [5, 5.41) is 43.6. The molecule has 0 radical (unpaired) electrons. The molecule has 0 unspecified atom stereocenters. The fraction of sp³-hybridized carbons (Fsp3) is 0.0909. The van der Waals surface area contributed by atoms with Crippen LogP contribution in [0, 0.1) is 20.2 Å². The average molecular weight is 514 g/mol. The number of amides is 2. The van der Waals surface area contributed by atoms with E-state index in [1.165, 1.54) is 24.5 Å². The number of hydrogen-bond acceptors (Lipinski definition) is 9. The number of hydrogen-bond donors (Lipinski definition) is 4. The van der Waals surface area contributed by atoms with Crippen LogP contribution < -0.4 is 10.6 Å². The van der Waals surface area contributed by atoms with Gasteiger partial charge in [0.15, 0.2) is 11.8 Å². The van der Waals surface area contributed by atoms with Crippen molar-refractivity contribution in [1.82, 2.24) is 10.6 Å². The normalized spacial score (nSPS) is 10.7. The van der Waals surface area contributed by atoms with Crippen molar-refractivity contribution in [1.29, 1.82) is 0 Å². The molecule has 0 aliphatic carbocycles. The molecule has 3 rings (SSSR count). The van der Waals surface area contributed by atoms with Crippen LogP contribution in [0.4, 0.5) is 11.4 Å². The number of benzene rings is 2. The lowest BCUT2D eigenvalue weighted by Gasteiger charge is -2.14. The van der Waals surface area contributed by atoms with Gasteiger partial charge in [-0.1, -0.05) is 30.3 Å². The Kier molecular flexibility index (Phi) is 9.52. The minimum Gasteiger partial charge on any atom is -0.480 e. The summed E-state index contributed by atoms with van der Waals surface area (Å²) in [6.45, 7) is -0.403. The first-order valence-corrected chi connectivity index (χ1v) is 10.1. The number of carboxylic acid groups (broad SMARTS) is 2. The lowest BCUT2D eigenvalue weighted by atomic mass is 10.1. The van der Waals surface area contributed by atoms with Crippen LogP contribution in [0.2, 0.25) is 0 Å². The van der Waals surface area contributed by atoms with E-state index < -0.39 is 57.6 Å². The van der Waals surface area contributed by atoms with E-state index in [1.807, 2.05) is 0 Å². The lowest BCUT2D eigenvalue weighted by molar-refractivity contribution is -0.394. The summed E-state index contributed by atoms with van der Waals surface area (Å²) in [6, 6.07) is 11.8. The molecule has 0 fully saturated rings. The van der Waals surface area contributed by atoms with Crippen molar-refractivity contribution >= 4 is 35.1 Å². The van der Waals surface area contributed by atoms with Crippen molar-refractivity contribution < 1.29 is 43.7 Å². The molecule has 1 heterocycles. The molecule has 15 nitrogen and oxygen atoms in total. The smallest absolute Gasteiger partial charge is 0.330 e. The molecule has 0 aliphatic heterocycles. The summed E-state index contributed by atoms with van der Waals surface area (Å²) in [4.78, 5) is 64.6. The molecule has 0 spiro atoms. The Labute approximate surface area is 206 Å². The van der Waals surface area contributed by atoms with E-state index in [-0.39, 0.29) is 16.9 Å². The summed E-state index contributed by atoms with van der Waals surface area (Å²) in [7, 11) is 0. The standard InChI is InChI=1S/C15H11N3O7.C7H7NO4/c19-14(16-13(15(20)21)9-4-2-1-3-5-9)10-6-11(17(22)23)8-12(7-10)18(24)25;9-6(10)4-8-7(11)5-2-1-3-12-5/h1-8,13H,(H,16,19)(H,20,21);1-3H,4H2,(H,8,11)(H,9,10)/t13-;/m0./s1. The van der Waals surface area contributed by atoms with E-state index in [1.54, 1.807) is 24.3 Å². The van der Waals surface area contributed by atoms with E-state index >= 15 is 0 Å². The van der Waals surface area contributed by atoms with Crippen LogP contribution in [0.3, 0.4) is 0 Å². The predicted molar refractivity (Wildman–Crippen MR) is 123 cm³/mol. The van der Waals surface area contributed by atoms with E-state index in [0.717, 1.165) is 12.1 Å². The zero-order chi connectivity index (χ0) is 27.5. The largest absolute Gasteiger partial charge is 0.480 e. The van der Waals surface area contributed by atoms with E-state index in [0.29, 0.717) is 6.07 Å². The summed E-state index contributed by atoms with van der Waals surface area (Å²) in [5.74, 6) is -3.84. The minimum absolute atomic E-state index is 0.108. The Morgan fingerprint density at radius 3 is 1.92 bits per heavy atom. The van der Waals surface area contributed by atoms with Gasteiger partial charge in [0.25, 0.3) is 23.2 Å². The highest BCUT2D eigenvalue weighted by Gasteiger charge is 2.25. The molecule has 2 aromatic carbocycles. The number of furan rings is 1. The van der Waals surface area contributed by atoms with Crippen LogP contribution in [0.5, 0.6) is 0 Å². The number of rotatable bonds is 9. The van der Waals surface area contributed by atoms with Gasteiger partial charge in [-0.15, -0.1) is 0 Å². The molecule has 37 heavy (non-hydrogen) atoms. The van der Waals surface area contributed by atoms with Gasteiger partial charge in [0.05, 0.1) is 27.7 Å². The van der Waals surface area contributed by atoms with Crippen molar-refractivity contribution in [3.05, 3.63) is 104 Å². The molecule has 0 aliphatic rings. The Bertz CT molecular complexity index is 1280. The van der Waals surface area contributed by atoms with Crippen molar-refractivity contribution in [3.8, 4) is 0 Å². The topological polar surface area (TPSA) is 232 Å². The third kappa shape index (κ3) is 8.29. The van der Waals surface area contributed by atoms with Crippen LogP contribution in [-0.4, -0.2) is 50.4 Å². The number of carbonyl (C=O) groups excluding carboxylic acids is 2. The van der Waals surface area contributed by atoms with Crippen LogP contribution in [-0.2, 0) is 9.59 Å². The van der Waals surface area contributed by atoms with Crippen LogP contribution >= 0.6 is 0 Å². The van der Waals surface area contributed by atoms with Gasteiger partial charge in [-0.3, -0.25) is 34.6 Å². The molecule has 0 saturated carbocycles. The first-order chi connectivity index (χ1) is 17.5. The van der Waals surface area contributed by atoms with Gasteiger partial charge in [-0.05, 0) is 17.7 Å². The third-order valence-corrected chi connectivity index (χ3v) is 4.39. The Morgan fingerprint density at radius 1 is 0.865 bits per heavy atom. The van der Waals surface area contributed by atoms with Gasteiger partial charge in [0.1, 0.15) is 6.54 Å². The second kappa shape index (κ2) is 12.7. The van der Waals surface area contributed by atoms with E-state index in [2.05, 4.69) is 10.6 Å². The zero-order valence-corrected chi connectivity index (χ0v) is 18.6. The van der Waals surface area contributed by atoms with Crippen LogP contribution in [0.15, 0.2) is 71.3 Å². The monoisotopic (exact) mass is 514 g/mol. The summed E-state index contributed by atoms with van der Waals surface area (Å²) < 4.78 is 4.72. The minimum atomic E-state index is -1.41. The summed E-state index contributed by atoms with van der Waals surface area (Å²) in [5.41, 5.74) is -1.40. The first kappa shape index (κ1) is 27.6. The first-order valence-electron chi connectivity index (χ1n) is 10.1. The number of aliphatic carboxylic acids is 2. The number of nitro groups is 2. The second-order valence-electron chi connectivity index (χ2n) is 6.96. The van der Waals surface area contributed by atoms with Crippen molar-refractivity contribution in [2.24, 2.45) is 0 Å². The number of nitrogens with zero attached hydrogens (tertiary/aromatic N) is 2. The number of carboxylic acids is 2. The molecule has 0 saturated heterocycles. The fourth-order valence-corrected chi connectivity index (χ4v) is 2.74. The lowest BCUT2D eigenvalue weighted by Crippen LogP contribution is -2.33. The second-order valence-corrected chi connectivity index (χ2v) is 6.96. The highest BCUT2D eigenvalue weighted by Crippen LogP contribution is 2.23. The van der Waals surface area contributed by atoms with E-state index in [9.17, 15) is 44.5 Å². The molecular weight excluding hydrogens is 496 g/mol. The Morgan fingerprint density at radius 2 is 1.46 bits per heavy atom. The number of nitro benzene ring substituents is 2. The molecule has 15 heteroatoms. The van der Waals surface area contributed by atoms with Gasteiger partial charge in [-0.2, -0.15) is 0 Å². The SMILES string of the molecule is O=C(N[C@H](C(=O)O)c1ccccc1)c1cc([N+](=O)[O-])cc([N+](=O)[O-])c1.O=C(O)CNC(=O)c1ccco1. The molecule has 1 atom stereocenters.